The van der Waals surface area contributed by atoms with Gasteiger partial charge in [0.1, 0.15) is 5.82 Å². The normalized spacial score (nSPS) is 15.0. The Bertz CT molecular complexity index is 1690. The fraction of sp³-hybridized carbons (Fsp3) is 0.161. The number of pyridine rings is 1. The van der Waals surface area contributed by atoms with E-state index in [0.717, 1.165) is 22.3 Å². The fourth-order valence-electron chi connectivity index (χ4n) is 5.07. The van der Waals surface area contributed by atoms with Gasteiger partial charge in [0.2, 0.25) is 0 Å². The Morgan fingerprint density at radius 3 is 2.44 bits per heavy atom. The molecule has 3 aromatic carbocycles. The van der Waals surface area contributed by atoms with Crippen molar-refractivity contribution >= 4 is 28.4 Å². The maximum atomic E-state index is 13.2. The van der Waals surface area contributed by atoms with E-state index in [0.29, 0.717) is 30.6 Å². The van der Waals surface area contributed by atoms with E-state index in [1.165, 1.54) is 10.8 Å². The lowest BCUT2D eigenvalue weighted by Crippen LogP contribution is -2.38. The summed E-state index contributed by atoms with van der Waals surface area (Å²) in [6, 6.07) is 23.9. The van der Waals surface area contributed by atoms with E-state index in [4.69, 9.17) is 5.73 Å². The third-order valence-electron chi connectivity index (χ3n) is 7.23. The van der Waals surface area contributed by atoms with Crippen LogP contribution in [-0.4, -0.2) is 50.6 Å². The first-order valence-electron chi connectivity index (χ1n) is 12.9. The molecule has 2 aromatic heterocycles. The van der Waals surface area contributed by atoms with Gasteiger partial charge in [-0.25, -0.2) is 4.98 Å². The van der Waals surface area contributed by atoms with Crippen molar-refractivity contribution in [2.45, 2.75) is 12.5 Å². The Hall–Kier alpha value is -4.98. The van der Waals surface area contributed by atoms with Crippen LogP contribution in [0.15, 0.2) is 91.4 Å². The van der Waals surface area contributed by atoms with Crippen molar-refractivity contribution < 1.29 is 9.59 Å². The van der Waals surface area contributed by atoms with E-state index in [1.54, 1.807) is 28.0 Å². The zero-order valence-electron chi connectivity index (χ0n) is 21.5. The second-order valence-electron chi connectivity index (χ2n) is 9.91. The molecule has 0 unspecified atom stereocenters. The fourth-order valence-corrected chi connectivity index (χ4v) is 5.07. The molecule has 1 aliphatic heterocycles. The number of nitrogens with zero attached hydrogens (tertiary/aromatic N) is 4. The van der Waals surface area contributed by atoms with Gasteiger partial charge in [0.25, 0.3) is 11.8 Å². The van der Waals surface area contributed by atoms with Crippen LogP contribution in [0.4, 0.5) is 5.82 Å². The molecule has 3 N–H and O–H groups in total. The summed E-state index contributed by atoms with van der Waals surface area (Å²) in [5, 5.41) is 9.58. The highest BCUT2D eigenvalue weighted by Crippen LogP contribution is 2.26. The second-order valence-corrected chi connectivity index (χ2v) is 9.91. The molecule has 1 fully saturated rings. The summed E-state index contributed by atoms with van der Waals surface area (Å²) in [5.41, 5.74) is 10.7. The Kier molecular flexibility index (Phi) is 6.28. The third kappa shape index (κ3) is 4.96. The highest BCUT2D eigenvalue weighted by Gasteiger charge is 2.29. The summed E-state index contributed by atoms with van der Waals surface area (Å²) in [4.78, 5) is 32.2. The molecule has 3 heterocycles. The number of aromatic nitrogens is 3. The number of nitrogens with one attached hydrogen (secondary N) is 1. The van der Waals surface area contributed by atoms with Crippen LogP contribution >= 0.6 is 0 Å². The molecule has 2 amide bonds. The van der Waals surface area contributed by atoms with E-state index in [2.05, 4.69) is 45.7 Å². The van der Waals surface area contributed by atoms with Crippen LogP contribution in [0.1, 0.15) is 27.1 Å². The van der Waals surface area contributed by atoms with Gasteiger partial charge < -0.3 is 16.0 Å². The number of nitrogen functional groups attached to an aromatic ring is 1. The number of hydrogen-bond donors (Lipinski definition) is 2. The number of carbonyl (C=O) groups is 2. The number of aryl methyl sites for hydroxylation is 1. The molecule has 5 aromatic rings. The Morgan fingerprint density at radius 1 is 0.897 bits per heavy atom. The lowest BCUT2D eigenvalue weighted by atomic mass is 10.00. The minimum absolute atomic E-state index is 0.0448. The predicted octanol–water partition coefficient (Wildman–Crippen LogP) is 4.53. The van der Waals surface area contributed by atoms with Gasteiger partial charge in [-0.1, -0.05) is 48.5 Å². The average Bonchev–Trinajstić information content (AvgIpc) is 3.62. The van der Waals surface area contributed by atoms with Crippen molar-refractivity contribution in [3.63, 3.8) is 0 Å². The summed E-state index contributed by atoms with van der Waals surface area (Å²) in [7, 11) is 1.83. The molecule has 0 saturated carbocycles. The van der Waals surface area contributed by atoms with Gasteiger partial charge in [-0.15, -0.1) is 0 Å². The van der Waals surface area contributed by atoms with Crippen molar-refractivity contribution in [3.8, 4) is 22.3 Å². The van der Waals surface area contributed by atoms with Crippen molar-refractivity contribution in [1.29, 1.82) is 0 Å². The molecule has 0 spiro atoms. The maximum Gasteiger partial charge on any atom is 0.255 e. The van der Waals surface area contributed by atoms with Crippen molar-refractivity contribution in [1.82, 2.24) is 25.0 Å². The number of rotatable bonds is 5. The van der Waals surface area contributed by atoms with Gasteiger partial charge in [-0.3, -0.25) is 14.3 Å². The molecule has 0 aliphatic carbocycles. The molecule has 1 atom stereocenters. The molecule has 0 radical (unpaired) electrons. The summed E-state index contributed by atoms with van der Waals surface area (Å²) < 4.78 is 1.69. The number of hydrogen-bond acceptors (Lipinski definition) is 5. The SMILES string of the molecule is Cn1cc(-c2cnc(N)c(C(=O)N[C@@H]3CCN(C(=O)c4ccc(-c5ccc6ccccc6c5)cc4)C3)c2)cn1. The Balaban J connectivity index is 1.11. The monoisotopic (exact) mass is 516 g/mol. The number of amides is 2. The molecule has 8 heteroatoms. The molecular formula is C31H28N6O2. The third-order valence-corrected chi connectivity index (χ3v) is 7.23. The van der Waals surface area contributed by atoms with Crippen molar-refractivity contribution in [3.05, 3.63) is 103 Å². The first-order valence-corrected chi connectivity index (χ1v) is 12.9. The lowest BCUT2D eigenvalue weighted by molar-refractivity contribution is 0.0783. The van der Waals surface area contributed by atoms with Gasteiger partial charge in [0, 0.05) is 55.3 Å². The standard InChI is InChI=1S/C31H28N6O2/c1-36-18-26(17-34-36)25-15-28(29(32)33-16-25)30(38)35-27-12-13-37(19-27)31(39)22-9-6-21(7-10-22)24-11-8-20-4-2-3-5-23(20)14-24/h2-11,14-18,27H,12-13,19H2,1H3,(H2,32,33)(H,35,38)/t27-/m1/s1. The van der Waals surface area contributed by atoms with Crippen LogP contribution in [0.2, 0.25) is 0 Å². The summed E-state index contributed by atoms with van der Waals surface area (Å²) >= 11 is 0. The molecule has 8 nitrogen and oxygen atoms in total. The number of fused-ring (bicyclic) bond motifs is 1. The average molecular weight is 517 g/mol. The van der Waals surface area contributed by atoms with Crippen LogP contribution in [0.25, 0.3) is 33.0 Å². The second kappa shape index (κ2) is 10.1. The Labute approximate surface area is 226 Å². The first kappa shape index (κ1) is 24.4. The van der Waals surface area contributed by atoms with E-state index in [-0.39, 0.29) is 23.7 Å². The summed E-state index contributed by atoms with van der Waals surface area (Å²) in [6.45, 7) is 1.01. The van der Waals surface area contributed by atoms with Gasteiger partial charge in [-0.2, -0.15) is 5.10 Å². The van der Waals surface area contributed by atoms with Crippen LogP contribution in [-0.2, 0) is 7.05 Å². The lowest BCUT2D eigenvalue weighted by Gasteiger charge is -2.18. The number of anilines is 1. The molecular weight excluding hydrogens is 488 g/mol. The number of carbonyl (C=O) groups excluding carboxylic acids is 2. The van der Waals surface area contributed by atoms with Gasteiger partial charge in [0.15, 0.2) is 0 Å². The topological polar surface area (TPSA) is 106 Å². The molecule has 1 aliphatic rings. The smallest absolute Gasteiger partial charge is 0.255 e. The zero-order valence-corrected chi connectivity index (χ0v) is 21.5. The quantitative estimate of drug-likeness (QED) is 0.357. The van der Waals surface area contributed by atoms with Gasteiger partial charge in [-0.05, 0) is 52.6 Å². The molecule has 39 heavy (non-hydrogen) atoms. The molecule has 1 saturated heterocycles. The first-order chi connectivity index (χ1) is 18.9. The van der Waals surface area contributed by atoms with E-state index >= 15 is 0 Å². The molecule has 6 rings (SSSR count). The van der Waals surface area contributed by atoms with E-state index < -0.39 is 0 Å². The predicted molar refractivity (Wildman–Crippen MR) is 152 cm³/mol. The summed E-state index contributed by atoms with van der Waals surface area (Å²) in [6.07, 6.45) is 5.86. The van der Waals surface area contributed by atoms with Crippen molar-refractivity contribution in [2.75, 3.05) is 18.8 Å². The number of nitrogens with two attached hydrogens (primary N) is 1. The van der Waals surface area contributed by atoms with Crippen LogP contribution < -0.4 is 11.1 Å². The maximum absolute atomic E-state index is 13.2. The van der Waals surface area contributed by atoms with E-state index in [1.807, 2.05) is 49.6 Å². The van der Waals surface area contributed by atoms with Gasteiger partial charge in [0.05, 0.1) is 11.8 Å². The van der Waals surface area contributed by atoms with Crippen molar-refractivity contribution in [2.24, 2.45) is 7.05 Å². The minimum Gasteiger partial charge on any atom is -0.383 e. The van der Waals surface area contributed by atoms with Crippen LogP contribution in [0, 0.1) is 0 Å². The van der Waals surface area contributed by atoms with Gasteiger partial charge >= 0.3 is 0 Å². The Morgan fingerprint density at radius 2 is 1.67 bits per heavy atom. The summed E-state index contributed by atoms with van der Waals surface area (Å²) in [5.74, 6) is -0.182. The van der Waals surface area contributed by atoms with E-state index in [9.17, 15) is 9.59 Å². The zero-order chi connectivity index (χ0) is 26.9. The largest absolute Gasteiger partial charge is 0.383 e. The number of likely N-dealkylation sites (tertiary alicyclic amines) is 1. The highest BCUT2D eigenvalue weighted by molar-refractivity contribution is 6.00. The number of benzene rings is 3. The minimum atomic E-state index is -0.301. The molecule has 194 valence electrons. The molecule has 0 bridgehead atoms. The highest BCUT2D eigenvalue weighted by atomic mass is 16.2. The van der Waals surface area contributed by atoms with Crippen LogP contribution in [0.3, 0.4) is 0 Å². The van der Waals surface area contributed by atoms with Crippen LogP contribution in [0.5, 0.6) is 0 Å².